The molecule has 1 fully saturated rings. The van der Waals surface area contributed by atoms with Crippen molar-refractivity contribution in [2.45, 2.75) is 18.9 Å². The maximum atomic E-state index is 11.2. The monoisotopic (exact) mass is 285 g/mol. The number of hydrogen-bond acceptors (Lipinski definition) is 4. The Bertz CT molecular complexity index is 664. The number of piperidine rings is 1. The second-order valence-electron chi connectivity index (χ2n) is 5.60. The molecule has 5 heteroatoms. The van der Waals surface area contributed by atoms with Crippen LogP contribution < -0.4 is 5.32 Å². The maximum Gasteiger partial charge on any atom is 0.354 e. The Morgan fingerprint density at radius 3 is 2.76 bits per heavy atom. The molecule has 0 atom stereocenters. The van der Waals surface area contributed by atoms with Gasteiger partial charge in [-0.05, 0) is 45.1 Å². The number of aromatic nitrogens is 1. The van der Waals surface area contributed by atoms with Crippen molar-refractivity contribution in [1.29, 1.82) is 0 Å². The minimum atomic E-state index is -0.993. The van der Waals surface area contributed by atoms with E-state index < -0.39 is 5.97 Å². The molecule has 0 saturated carbocycles. The predicted molar refractivity (Wildman–Crippen MR) is 82.8 cm³/mol. The number of anilines is 1. The molecule has 0 radical (unpaired) electrons. The first-order chi connectivity index (χ1) is 10.1. The van der Waals surface area contributed by atoms with E-state index in [-0.39, 0.29) is 5.69 Å². The van der Waals surface area contributed by atoms with Crippen LogP contribution in [0.2, 0.25) is 0 Å². The summed E-state index contributed by atoms with van der Waals surface area (Å²) in [6.07, 6.45) is 2.13. The number of nitrogens with one attached hydrogen (secondary N) is 1. The van der Waals surface area contributed by atoms with Crippen LogP contribution in [0.4, 0.5) is 5.69 Å². The van der Waals surface area contributed by atoms with Gasteiger partial charge in [-0.15, -0.1) is 0 Å². The SMILES string of the molecule is CN1CCC(Nc2cc(C(=O)O)nc3ccccc23)CC1. The zero-order valence-corrected chi connectivity index (χ0v) is 12.0. The van der Waals surface area contributed by atoms with Gasteiger partial charge >= 0.3 is 5.97 Å². The second-order valence-corrected chi connectivity index (χ2v) is 5.60. The summed E-state index contributed by atoms with van der Waals surface area (Å²) >= 11 is 0. The van der Waals surface area contributed by atoms with E-state index in [1.165, 1.54) is 0 Å². The van der Waals surface area contributed by atoms with Crippen molar-refractivity contribution in [3.63, 3.8) is 0 Å². The first-order valence-corrected chi connectivity index (χ1v) is 7.21. The van der Waals surface area contributed by atoms with Crippen LogP contribution in [0.5, 0.6) is 0 Å². The molecular formula is C16H19N3O2. The number of hydrogen-bond donors (Lipinski definition) is 2. The fourth-order valence-electron chi connectivity index (χ4n) is 2.78. The van der Waals surface area contributed by atoms with Gasteiger partial charge < -0.3 is 15.3 Å². The lowest BCUT2D eigenvalue weighted by atomic mass is 10.0. The van der Waals surface area contributed by atoms with Crippen LogP contribution in [0.1, 0.15) is 23.3 Å². The average molecular weight is 285 g/mol. The van der Waals surface area contributed by atoms with Gasteiger partial charge in [0.05, 0.1) is 5.52 Å². The quantitative estimate of drug-likeness (QED) is 0.906. The lowest BCUT2D eigenvalue weighted by molar-refractivity contribution is 0.0691. The molecule has 0 spiro atoms. The summed E-state index contributed by atoms with van der Waals surface area (Å²) in [5.41, 5.74) is 1.67. The Kier molecular flexibility index (Phi) is 3.75. The minimum absolute atomic E-state index is 0.0872. The summed E-state index contributed by atoms with van der Waals surface area (Å²) in [5.74, 6) is -0.993. The van der Waals surface area contributed by atoms with Gasteiger partial charge in [-0.25, -0.2) is 9.78 Å². The summed E-state index contributed by atoms with van der Waals surface area (Å²) in [6, 6.07) is 9.68. The van der Waals surface area contributed by atoms with E-state index in [2.05, 4.69) is 22.2 Å². The summed E-state index contributed by atoms with van der Waals surface area (Å²) in [6.45, 7) is 2.12. The van der Waals surface area contributed by atoms with Gasteiger partial charge in [0.25, 0.3) is 0 Å². The number of fused-ring (bicyclic) bond motifs is 1. The molecule has 110 valence electrons. The number of pyridine rings is 1. The van der Waals surface area contributed by atoms with E-state index in [4.69, 9.17) is 0 Å². The van der Waals surface area contributed by atoms with Gasteiger partial charge in [0.1, 0.15) is 0 Å². The van der Waals surface area contributed by atoms with Crippen molar-refractivity contribution in [3.05, 3.63) is 36.0 Å². The van der Waals surface area contributed by atoms with Gasteiger partial charge in [-0.2, -0.15) is 0 Å². The Morgan fingerprint density at radius 1 is 1.33 bits per heavy atom. The standard InChI is InChI=1S/C16H19N3O2/c1-19-8-6-11(7-9-19)17-14-10-15(16(20)21)18-13-5-3-2-4-12(13)14/h2-5,10-11H,6-9H2,1H3,(H,17,18)(H,20,21). The zero-order chi connectivity index (χ0) is 14.8. The van der Waals surface area contributed by atoms with Crippen molar-refractivity contribution < 1.29 is 9.90 Å². The molecule has 0 bridgehead atoms. The number of carboxylic acids is 1. The summed E-state index contributed by atoms with van der Waals surface area (Å²) in [5, 5.41) is 13.7. The van der Waals surface area contributed by atoms with Crippen LogP contribution in [0, 0.1) is 0 Å². The number of benzene rings is 1. The zero-order valence-electron chi connectivity index (χ0n) is 12.0. The maximum absolute atomic E-state index is 11.2. The van der Waals surface area contributed by atoms with E-state index in [0.717, 1.165) is 37.0 Å². The van der Waals surface area contributed by atoms with Crippen molar-refractivity contribution in [1.82, 2.24) is 9.88 Å². The third-order valence-corrected chi connectivity index (χ3v) is 4.01. The van der Waals surface area contributed by atoms with E-state index >= 15 is 0 Å². The van der Waals surface area contributed by atoms with Crippen molar-refractivity contribution in [2.24, 2.45) is 0 Å². The summed E-state index contributed by atoms with van der Waals surface area (Å²) < 4.78 is 0. The van der Waals surface area contributed by atoms with E-state index in [9.17, 15) is 9.90 Å². The summed E-state index contributed by atoms with van der Waals surface area (Å²) in [4.78, 5) is 17.7. The number of carboxylic acid groups (broad SMARTS) is 1. The molecule has 21 heavy (non-hydrogen) atoms. The van der Waals surface area contributed by atoms with Crippen LogP contribution in [0.15, 0.2) is 30.3 Å². The fraction of sp³-hybridized carbons (Fsp3) is 0.375. The number of rotatable bonds is 3. The van der Waals surface area contributed by atoms with Gasteiger partial charge in [-0.3, -0.25) is 0 Å². The highest BCUT2D eigenvalue weighted by atomic mass is 16.4. The van der Waals surface area contributed by atoms with Crippen molar-refractivity contribution in [2.75, 3.05) is 25.5 Å². The number of carbonyl (C=O) groups is 1. The number of nitrogens with zero attached hydrogens (tertiary/aromatic N) is 2. The van der Waals surface area contributed by atoms with Crippen LogP contribution in [-0.2, 0) is 0 Å². The average Bonchev–Trinajstić information content (AvgIpc) is 2.49. The number of likely N-dealkylation sites (tertiary alicyclic amines) is 1. The van der Waals surface area contributed by atoms with Crippen molar-refractivity contribution >= 4 is 22.6 Å². The van der Waals surface area contributed by atoms with Gasteiger partial charge in [0, 0.05) is 17.1 Å². The number of aromatic carboxylic acids is 1. The Balaban J connectivity index is 1.94. The molecule has 1 saturated heterocycles. The van der Waals surface area contributed by atoms with Crippen molar-refractivity contribution in [3.8, 4) is 0 Å². The van der Waals surface area contributed by atoms with Crippen LogP contribution in [0.25, 0.3) is 10.9 Å². The molecule has 3 rings (SSSR count). The highest BCUT2D eigenvalue weighted by molar-refractivity contribution is 5.97. The van der Waals surface area contributed by atoms with Crippen LogP contribution in [0.3, 0.4) is 0 Å². The van der Waals surface area contributed by atoms with E-state index in [1.807, 2.05) is 24.3 Å². The van der Waals surface area contributed by atoms with Crippen LogP contribution >= 0.6 is 0 Å². The molecule has 1 aliphatic rings. The highest BCUT2D eigenvalue weighted by Crippen LogP contribution is 2.25. The summed E-state index contributed by atoms with van der Waals surface area (Å²) in [7, 11) is 2.13. The molecule has 0 unspecified atom stereocenters. The smallest absolute Gasteiger partial charge is 0.354 e. The highest BCUT2D eigenvalue weighted by Gasteiger charge is 2.18. The first kappa shape index (κ1) is 13.8. The Labute approximate surface area is 123 Å². The molecule has 2 N–H and O–H groups in total. The molecule has 5 nitrogen and oxygen atoms in total. The minimum Gasteiger partial charge on any atom is -0.477 e. The number of para-hydroxylation sites is 1. The molecule has 1 aromatic carbocycles. The van der Waals surface area contributed by atoms with Gasteiger partial charge in [0.2, 0.25) is 0 Å². The predicted octanol–water partition coefficient (Wildman–Crippen LogP) is 2.44. The van der Waals surface area contributed by atoms with E-state index in [1.54, 1.807) is 6.07 Å². The fourth-order valence-corrected chi connectivity index (χ4v) is 2.78. The molecule has 0 aliphatic carbocycles. The first-order valence-electron chi connectivity index (χ1n) is 7.21. The molecule has 2 heterocycles. The molecule has 2 aromatic rings. The second kappa shape index (κ2) is 5.69. The Hall–Kier alpha value is -2.14. The molecular weight excluding hydrogens is 266 g/mol. The molecule has 0 amide bonds. The topological polar surface area (TPSA) is 65.5 Å². The normalized spacial score (nSPS) is 17.0. The van der Waals surface area contributed by atoms with Gasteiger partial charge in [-0.1, -0.05) is 18.2 Å². The van der Waals surface area contributed by atoms with Crippen LogP contribution in [-0.4, -0.2) is 47.1 Å². The lowest BCUT2D eigenvalue weighted by Gasteiger charge is -2.30. The largest absolute Gasteiger partial charge is 0.477 e. The lowest BCUT2D eigenvalue weighted by Crippen LogP contribution is -2.36. The Morgan fingerprint density at radius 2 is 2.05 bits per heavy atom. The molecule has 1 aromatic heterocycles. The third kappa shape index (κ3) is 2.97. The third-order valence-electron chi connectivity index (χ3n) is 4.01. The van der Waals surface area contributed by atoms with Gasteiger partial charge in [0.15, 0.2) is 5.69 Å². The van der Waals surface area contributed by atoms with E-state index in [0.29, 0.717) is 11.6 Å². The molecule has 1 aliphatic heterocycles.